The molecule has 2 saturated heterocycles. The van der Waals surface area contributed by atoms with Crippen molar-refractivity contribution in [1.82, 2.24) is 19.5 Å². The molecule has 0 saturated carbocycles. The molecule has 14 heteroatoms. The third-order valence-electron chi connectivity index (χ3n) is 6.12. The Morgan fingerprint density at radius 3 is 2.77 bits per heavy atom. The van der Waals surface area contributed by atoms with Crippen molar-refractivity contribution < 1.29 is 22.8 Å². The Bertz CT molecular complexity index is 1030. The van der Waals surface area contributed by atoms with Crippen molar-refractivity contribution in [3.05, 3.63) is 6.33 Å². The van der Waals surface area contributed by atoms with Crippen molar-refractivity contribution in [3.63, 3.8) is 0 Å². The van der Waals surface area contributed by atoms with Gasteiger partial charge in [0.1, 0.15) is 30.2 Å². The normalized spacial score (nSPS) is 32.5. The molecule has 5 atom stereocenters. The number of hydrogen-bond donors (Lipinski definition) is 2. The van der Waals surface area contributed by atoms with Crippen LogP contribution in [0.5, 0.6) is 0 Å². The highest BCUT2D eigenvalue weighted by molar-refractivity contribution is 8.44. The SMILES string of the molecule is Bc1nc2c(N)ncnc2n1C1OC2COP(=O)(S)OC2C1O[Si](C)(C)C(C)(C)C. The van der Waals surface area contributed by atoms with Crippen molar-refractivity contribution in [2.24, 2.45) is 0 Å². The van der Waals surface area contributed by atoms with Gasteiger partial charge in [-0.05, 0) is 18.1 Å². The lowest BCUT2D eigenvalue weighted by Gasteiger charge is -2.41. The largest absolute Gasteiger partial charge is 0.407 e. The molecule has 0 bridgehead atoms. The molecule has 0 aliphatic carbocycles. The molecule has 2 aliphatic rings. The van der Waals surface area contributed by atoms with E-state index in [4.69, 9.17) is 23.9 Å². The molecular weight excluding hydrogens is 444 g/mol. The number of nitrogens with two attached hydrogens (primary N) is 1. The number of ether oxygens (including phenoxy) is 1. The predicted molar refractivity (Wildman–Crippen MR) is 121 cm³/mol. The zero-order valence-corrected chi connectivity index (χ0v) is 20.7. The second-order valence-corrected chi connectivity index (χ2v) is 16.8. The highest BCUT2D eigenvalue weighted by Crippen LogP contribution is 2.60. The van der Waals surface area contributed by atoms with Crippen LogP contribution in [0.3, 0.4) is 0 Å². The molecule has 2 fully saturated rings. The van der Waals surface area contributed by atoms with Crippen LogP contribution in [-0.4, -0.2) is 60.6 Å². The average molecular weight is 471 g/mol. The van der Waals surface area contributed by atoms with E-state index in [-0.39, 0.29) is 11.6 Å². The summed E-state index contributed by atoms with van der Waals surface area (Å²) in [7, 11) is -0.405. The van der Waals surface area contributed by atoms with E-state index < -0.39 is 39.7 Å². The molecule has 0 spiro atoms. The van der Waals surface area contributed by atoms with Crippen LogP contribution in [0.4, 0.5) is 5.82 Å². The minimum absolute atomic E-state index is 0.0515. The summed E-state index contributed by atoms with van der Waals surface area (Å²) in [5.41, 5.74) is 7.69. The topological polar surface area (TPSA) is 124 Å². The van der Waals surface area contributed by atoms with Gasteiger partial charge in [-0.1, -0.05) is 33.0 Å². The number of nitrogen functional groups attached to an aromatic ring is 1. The van der Waals surface area contributed by atoms with Crippen LogP contribution in [0.25, 0.3) is 11.2 Å². The summed E-state index contributed by atoms with van der Waals surface area (Å²) in [6, 6.07) is 0. The maximum Gasteiger partial charge on any atom is 0.386 e. The van der Waals surface area contributed by atoms with E-state index in [0.29, 0.717) is 22.7 Å². The van der Waals surface area contributed by atoms with Gasteiger partial charge in [-0.3, -0.25) is 13.6 Å². The van der Waals surface area contributed by atoms with E-state index >= 15 is 0 Å². The summed E-state index contributed by atoms with van der Waals surface area (Å²) < 4.78 is 38.4. The Morgan fingerprint density at radius 2 is 2.10 bits per heavy atom. The van der Waals surface area contributed by atoms with E-state index in [2.05, 4.69) is 61.1 Å². The Hall–Kier alpha value is -0.948. The lowest BCUT2D eigenvalue weighted by molar-refractivity contribution is -0.0546. The summed E-state index contributed by atoms with van der Waals surface area (Å²) in [6.07, 6.45) is -0.828. The van der Waals surface area contributed by atoms with Gasteiger partial charge in [0.15, 0.2) is 33.9 Å². The Kier molecular flexibility index (Phi) is 5.41. The zero-order valence-electron chi connectivity index (χ0n) is 17.9. The van der Waals surface area contributed by atoms with Crippen LogP contribution in [0.2, 0.25) is 18.1 Å². The van der Waals surface area contributed by atoms with Crippen LogP contribution < -0.4 is 11.5 Å². The van der Waals surface area contributed by atoms with Gasteiger partial charge >= 0.3 is 6.80 Å². The highest BCUT2D eigenvalue weighted by atomic mass is 32.7. The van der Waals surface area contributed by atoms with Crippen LogP contribution in [0, 0.1) is 0 Å². The molecular formula is C16H27BN5O5PSSi. The zero-order chi connectivity index (χ0) is 22.1. The summed E-state index contributed by atoms with van der Waals surface area (Å²) in [5.74, 6) is 0.290. The molecule has 4 heterocycles. The first-order valence-electron chi connectivity index (χ1n) is 9.75. The van der Waals surface area contributed by atoms with Crippen molar-refractivity contribution in [2.45, 2.75) is 63.4 Å². The minimum Gasteiger partial charge on any atom is -0.407 e. The molecule has 2 N–H and O–H groups in total. The Morgan fingerprint density at radius 1 is 1.40 bits per heavy atom. The fourth-order valence-electron chi connectivity index (χ4n) is 3.51. The van der Waals surface area contributed by atoms with Gasteiger partial charge in [0.2, 0.25) is 0 Å². The number of thiol groups is 1. The minimum atomic E-state index is -3.49. The van der Waals surface area contributed by atoms with Gasteiger partial charge in [-0.15, -0.1) is 0 Å². The number of hydrogen-bond acceptors (Lipinski definition) is 9. The summed E-state index contributed by atoms with van der Waals surface area (Å²) in [6.45, 7) is 7.37. The first-order valence-corrected chi connectivity index (χ1v) is 15.4. The summed E-state index contributed by atoms with van der Waals surface area (Å²) in [5, 5.41) is -0.0515. The Balaban J connectivity index is 1.81. The van der Waals surface area contributed by atoms with E-state index in [1.165, 1.54) is 6.33 Å². The van der Waals surface area contributed by atoms with Crippen molar-refractivity contribution >= 4 is 57.9 Å². The second kappa shape index (κ2) is 7.29. The first-order chi connectivity index (χ1) is 13.8. The number of fused-ring (bicyclic) bond motifs is 2. The lowest BCUT2D eigenvalue weighted by Crippen LogP contribution is -2.50. The smallest absolute Gasteiger partial charge is 0.386 e. The molecule has 4 rings (SSSR count). The van der Waals surface area contributed by atoms with Crippen LogP contribution >= 0.6 is 19.0 Å². The molecule has 2 aromatic heterocycles. The van der Waals surface area contributed by atoms with Gasteiger partial charge in [-0.25, -0.2) is 19.5 Å². The van der Waals surface area contributed by atoms with Crippen molar-refractivity contribution in [3.8, 4) is 0 Å². The first kappa shape index (κ1) is 22.3. The van der Waals surface area contributed by atoms with E-state index in [1.807, 2.05) is 12.4 Å². The number of aromatic nitrogens is 4. The standard InChI is InChI=1S/C16H27BN5O5PSSi/c1-16(2,3)30(4,5)27-11-10-8(6-24-28(23,29)26-10)25-14(11)22-13-9(21-15(22)17)12(18)19-7-20-13/h7-8,10-11,14H,6,17H2,1-5H3,(H,23,29)(H2,18,19,20). The summed E-state index contributed by atoms with van der Waals surface area (Å²) >= 11 is 4.06. The molecule has 30 heavy (non-hydrogen) atoms. The lowest BCUT2D eigenvalue weighted by atomic mass is 10.1. The van der Waals surface area contributed by atoms with E-state index in [9.17, 15) is 4.57 Å². The molecule has 0 radical (unpaired) electrons. The molecule has 2 aliphatic heterocycles. The molecule has 0 amide bonds. The van der Waals surface area contributed by atoms with Crippen LogP contribution in [0.15, 0.2) is 6.33 Å². The third-order valence-corrected chi connectivity index (χ3v) is 12.2. The predicted octanol–water partition coefficient (Wildman–Crippen LogP) is 1.41. The fraction of sp³-hybridized carbons (Fsp3) is 0.688. The number of anilines is 1. The monoisotopic (exact) mass is 471 g/mol. The highest BCUT2D eigenvalue weighted by Gasteiger charge is 2.56. The summed E-state index contributed by atoms with van der Waals surface area (Å²) in [4.78, 5) is 12.9. The quantitative estimate of drug-likeness (QED) is 0.389. The Labute approximate surface area is 182 Å². The average Bonchev–Trinajstić information content (AvgIpc) is 3.11. The molecule has 2 aromatic rings. The molecule has 0 aromatic carbocycles. The number of imidazole rings is 1. The van der Waals surface area contributed by atoms with Crippen LogP contribution in [-0.2, 0) is 22.8 Å². The van der Waals surface area contributed by atoms with E-state index in [0.717, 1.165) is 0 Å². The fourth-order valence-corrected chi connectivity index (χ4v) is 6.28. The second-order valence-electron chi connectivity index (χ2n) is 9.20. The maximum atomic E-state index is 12.5. The van der Waals surface area contributed by atoms with Gasteiger partial charge in [0.25, 0.3) is 0 Å². The van der Waals surface area contributed by atoms with Gasteiger partial charge in [0.05, 0.1) is 12.3 Å². The molecule has 5 unspecified atom stereocenters. The maximum absolute atomic E-state index is 12.5. The van der Waals surface area contributed by atoms with Gasteiger partial charge < -0.3 is 14.9 Å². The van der Waals surface area contributed by atoms with Crippen molar-refractivity contribution in [2.75, 3.05) is 12.3 Å². The van der Waals surface area contributed by atoms with Crippen LogP contribution in [0.1, 0.15) is 27.0 Å². The van der Waals surface area contributed by atoms with Gasteiger partial charge in [-0.2, -0.15) is 0 Å². The molecule has 10 nitrogen and oxygen atoms in total. The molecule has 164 valence electrons. The third kappa shape index (κ3) is 3.74. The number of nitrogens with zero attached hydrogens (tertiary/aromatic N) is 4. The van der Waals surface area contributed by atoms with E-state index in [1.54, 1.807) is 0 Å². The van der Waals surface area contributed by atoms with Crippen molar-refractivity contribution in [1.29, 1.82) is 0 Å². The van der Waals surface area contributed by atoms with Gasteiger partial charge in [0, 0.05) is 0 Å². The number of rotatable bonds is 3.